The molecule has 0 spiro atoms. The Morgan fingerprint density at radius 3 is 2.79 bits per heavy atom. The van der Waals surface area contributed by atoms with Gasteiger partial charge >= 0.3 is 0 Å². The first kappa shape index (κ1) is 14.3. The molecule has 19 heavy (non-hydrogen) atoms. The summed E-state index contributed by atoms with van der Waals surface area (Å²) in [6.07, 6.45) is 1.00. The lowest BCUT2D eigenvalue weighted by Gasteiger charge is -2.21. The molecular formula is C12H16ClN3O2S. The number of nitrogens with zero attached hydrogens (tertiary/aromatic N) is 2. The van der Waals surface area contributed by atoms with Gasteiger partial charge in [0.2, 0.25) is 0 Å². The second-order valence-corrected chi connectivity index (χ2v) is 6.05. The van der Waals surface area contributed by atoms with Gasteiger partial charge in [-0.2, -0.15) is 8.42 Å². The monoisotopic (exact) mass is 301 g/mol. The molecule has 1 aromatic rings. The molecule has 2 heterocycles. The Morgan fingerprint density at radius 1 is 1.16 bits per heavy atom. The van der Waals surface area contributed by atoms with Crippen LogP contribution in [0, 0.1) is 0 Å². The van der Waals surface area contributed by atoms with Crippen molar-refractivity contribution in [2.24, 2.45) is 4.40 Å². The highest BCUT2D eigenvalue weighted by Crippen LogP contribution is 2.27. The Hall–Kier alpha value is -1.11. The minimum Gasteiger partial charge on any atom is -0.354 e. The van der Waals surface area contributed by atoms with E-state index in [1.165, 1.54) is 0 Å². The van der Waals surface area contributed by atoms with E-state index in [9.17, 15) is 8.42 Å². The lowest BCUT2D eigenvalue weighted by molar-refractivity contribution is 0.448. The van der Waals surface area contributed by atoms with Gasteiger partial charge < -0.3 is 10.2 Å². The molecule has 2 aliphatic rings. The lowest BCUT2D eigenvalue weighted by Crippen LogP contribution is -2.34. The Bertz CT molecular complexity index is 593. The van der Waals surface area contributed by atoms with Crippen molar-refractivity contribution in [3.8, 4) is 0 Å². The van der Waals surface area contributed by atoms with E-state index >= 15 is 0 Å². The molecule has 0 atom stereocenters. The third kappa shape index (κ3) is 2.61. The molecule has 104 valence electrons. The van der Waals surface area contributed by atoms with Crippen molar-refractivity contribution in [3.63, 3.8) is 0 Å². The van der Waals surface area contributed by atoms with Crippen LogP contribution in [0.1, 0.15) is 12.0 Å². The van der Waals surface area contributed by atoms with E-state index in [2.05, 4.69) is 14.6 Å². The Labute approximate surface area is 119 Å². The minimum absolute atomic E-state index is 0. The van der Waals surface area contributed by atoms with Crippen LogP contribution >= 0.6 is 12.4 Å². The maximum absolute atomic E-state index is 12.0. The molecule has 0 radical (unpaired) electrons. The van der Waals surface area contributed by atoms with E-state index < -0.39 is 10.0 Å². The van der Waals surface area contributed by atoms with Crippen LogP contribution in [-0.4, -0.2) is 45.3 Å². The highest BCUT2D eigenvalue weighted by atomic mass is 35.5. The smallest absolute Gasteiger partial charge is 0.285 e. The minimum atomic E-state index is -3.49. The van der Waals surface area contributed by atoms with E-state index in [-0.39, 0.29) is 12.4 Å². The zero-order valence-electron chi connectivity index (χ0n) is 10.4. The summed E-state index contributed by atoms with van der Waals surface area (Å²) in [5, 5.41) is 3.30. The second-order valence-electron chi connectivity index (χ2n) is 4.48. The summed E-state index contributed by atoms with van der Waals surface area (Å²) >= 11 is 0. The first-order valence-corrected chi connectivity index (χ1v) is 7.52. The van der Waals surface area contributed by atoms with E-state index in [1.807, 2.05) is 12.1 Å². The van der Waals surface area contributed by atoms with Crippen molar-refractivity contribution in [2.45, 2.75) is 11.3 Å². The van der Waals surface area contributed by atoms with Gasteiger partial charge in [0.05, 0.1) is 0 Å². The predicted octanol–water partition coefficient (Wildman–Crippen LogP) is 0.853. The summed E-state index contributed by atoms with van der Waals surface area (Å²) in [6.45, 7) is 3.47. The summed E-state index contributed by atoms with van der Waals surface area (Å²) < 4.78 is 27.9. The number of nitrogens with one attached hydrogen (secondary N) is 1. The molecule has 0 bridgehead atoms. The van der Waals surface area contributed by atoms with Crippen molar-refractivity contribution in [3.05, 3.63) is 29.8 Å². The quantitative estimate of drug-likeness (QED) is 0.772. The van der Waals surface area contributed by atoms with Gasteiger partial charge in [-0.25, -0.2) is 0 Å². The average Bonchev–Trinajstić information content (AvgIpc) is 2.58. The van der Waals surface area contributed by atoms with Crippen LogP contribution in [-0.2, 0) is 10.0 Å². The van der Waals surface area contributed by atoms with Crippen LogP contribution in [0.25, 0.3) is 0 Å². The van der Waals surface area contributed by atoms with Crippen molar-refractivity contribution in [2.75, 3.05) is 26.2 Å². The van der Waals surface area contributed by atoms with E-state index in [0.29, 0.717) is 10.7 Å². The first-order chi connectivity index (χ1) is 8.68. The number of halogens is 1. The molecule has 5 nitrogen and oxygen atoms in total. The summed E-state index contributed by atoms with van der Waals surface area (Å²) in [7, 11) is -3.49. The molecule has 1 saturated heterocycles. The Balaban J connectivity index is 0.00000133. The number of benzene rings is 1. The summed E-state index contributed by atoms with van der Waals surface area (Å²) in [6, 6.07) is 7.04. The third-order valence-electron chi connectivity index (χ3n) is 3.25. The molecule has 0 saturated carbocycles. The fourth-order valence-electron chi connectivity index (χ4n) is 2.37. The second kappa shape index (κ2) is 5.48. The van der Waals surface area contributed by atoms with Crippen LogP contribution in [0.4, 0.5) is 0 Å². The third-order valence-corrected chi connectivity index (χ3v) is 4.58. The summed E-state index contributed by atoms with van der Waals surface area (Å²) in [5.74, 6) is 0.606. The topological polar surface area (TPSA) is 61.8 Å². The van der Waals surface area contributed by atoms with E-state index in [4.69, 9.17) is 0 Å². The first-order valence-electron chi connectivity index (χ1n) is 6.08. The Morgan fingerprint density at radius 2 is 1.95 bits per heavy atom. The van der Waals surface area contributed by atoms with Crippen molar-refractivity contribution in [1.29, 1.82) is 0 Å². The van der Waals surface area contributed by atoms with Crippen LogP contribution in [0.15, 0.2) is 33.6 Å². The zero-order chi connectivity index (χ0) is 12.6. The van der Waals surface area contributed by atoms with Gasteiger partial charge in [-0.3, -0.25) is 0 Å². The fraction of sp³-hybridized carbons (Fsp3) is 0.417. The standard InChI is InChI=1S/C12H15N3O2S.ClH/c16-18(17)11-5-2-1-4-10(11)12(14-18)15-8-3-6-13-7-9-15;/h1-2,4-5,13H,3,6-9H2;1H. The van der Waals surface area contributed by atoms with Crippen LogP contribution in [0.2, 0.25) is 0 Å². The molecule has 1 N–H and O–H groups in total. The van der Waals surface area contributed by atoms with Gasteiger partial charge in [0.1, 0.15) is 4.90 Å². The molecule has 1 fully saturated rings. The van der Waals surface area contributed by atoms with Gasteiger partial charge in [0.25, 0.3) is 10.0 Å². The van der Waals surface area contributed by atoms with Gasteiger partial charge in [-0.1, -0.05) is 12.1 Å². The molecule has 3 rings (SSSR count). The highest BCUT2D eigenvalue weighted by molar-refractivity contribution is 7.90. The van der Waals surface area contributed by atoms with Crippen LogP contribution in [0.5, 0.6) is 0 Å². The molecule has 7 heteroatoms. The number of hydrogen-bond donors (Lipinski definition) is 1. The van der Waals surface area contributed by atoms with Gasteiger partial charge in [0.15, 0.2) is 5.84 Å². The number of sulfonamides is 1. The normalized spacial score (nSPS) is 21.1. The maximum Gasteiger partial charge on any atom is 0.285 e. The average molecular weight is 302 g/mol. The van der Waals surface area contributed by atoms with Gasteiger partial charge in [-0.05, 0) is 25.1 Å². The largest absolute Gasteiger partial charge is 0.354 e. The van der Waals surface area contributed by atoms with Gasteiger partial charge in [-0.15, -0.1) is 16.8 Å². The van der Waals surface area contributed by atoms with Crippen molar-refractivity contribution >= 4 is 28.3 Å². The molecule has 1 aromatic carbocycles. The number of fused-ring (bicyclic) bond motifs is 1. The SMILES string of the molecule is Cl.O=S1(=O)N=C(N2CCCNCC2)c2ccccc21. The molecule has 2 aliphatic heterocycles. The van der Waals surface area contributed by atoms with Crippen molar-refractivity contribution < 1.29 is 8.42 Å². The summed E-state index contributed by atoms with van der Waals surface area (Å²) in [4.78, 5) is 2.39. The molecular weight excluding hydrogens is 286 g/mol. The summed E-state index contributed by atoms with van der Waals surface area (Å²) in [5.41, 5.74) is 0.736. The van der Waals surface area contributed by atoms with E-state index in [0.717, 1.165) is 38.2 Å². The molecule has 0 aromatic heterocycles. The number of hydrogen-bond acceptors (Lipinski definition) is 4. The Kier molecular flexibility index (Phi) is 4.13. The van der Waals surface area contributed by atoms with Crippen LogP contribution < -0.4 is 5.32 Å². The zero-order valence-corrected chi connectivity index (χ0v) is 12.0. The molecule has 0 unspecified atom stereocenters. The van der Waals surface area contributed by atoms with Gasteiger partial charge in [0, 0.05) is 25.2 Å². The van der Waals surface area contributed by atoms with E-state index in [1.54, 1.807) is 12.1 Å². The highest BCUT2D eigenvalue weighted by Gasteiger charge is 2.31. The predicted molar refractivity (Wildman–Crippen MR) is 76.5 cm³/mol. The molecule has 0 aliphatic carbocycles. The number of amidine groups is 1. The number of rotatable bonds is 0. The molecule has 0 amide bonds. The lowest BCUT2D eigenvalue weighted by atomic mass is 10.2. The fourth-order valence-corrected chi connectivity index (χ4v) is 3.60. The maximum atomic E-state index is 12.0. The van der Waals surface area contributed by atoms with Crippen molar-refractivity contribution in [1.82, 2.24) is 10.2 Å². The van der Waals surface area contributed by atoms with Crippen LogP contribution in [0.3, 0.4) is 0 Å².